The average Bonchev–Trinajstić information content (AvgIpc) is 2.36. The molecule has 0 amide bonds. The van der Waals surface area contributed by atoms with Gasteiger partial charge in [-0.25, -0.2) is 0 Å². The average molecular weight is 132 g/mol. The highest BCUT2D eigenvalue weighted by atomic mass is 14.9. The van der Waals surface area contributed by atoms with Gasteiger partial charge in [-0.2, -0.15) is 0 Å². The summed E-state index contributed by atoms with van der Waals surface area (Å²) in [5, 5.41) is 0. The Labute approximate surface area is 59.1 Å². The zero-order chi connectivity index (χ0) is 6.97. The van der Waals surface area contributed by atoms with Crippen molar-refractivity contribution in [2.75, 3.05) is 0 Å². The Kier molecular flexibility index (Phi) is 1.01. The minimum absolute atomic E-state index is 1.15. The standard InChI is InChI=1S/C8H8N2/c1-7-5-9-6-8-3-2-4-10(7)8/h2-6H,1H3. The molecule has 0 saturated carbocycles. The first-order chi connectivity index (χ1) is 4.88. The quantitative estimate of drug-likeness (QED) is 0.532. The van der Waals surface area contributed by atoms with Crippen LogP contribution in [0, 0.1) is 6.92 Å². The molecule has 0 spiro atoms. The fraction of sp³-hybridized carbons (Fsp3) is 0.125. The lowest BCUT2D eigenvalue weighted by molar-refractivity contribution is 1.06. The predicted octanol–water partition coefficient (Wildman–Crippen LogP) is 1.64. The molecule has 2 aromatic heterocycles. The maximum absolute atomic E-state index is 4.06. The molecule has 0 radical (unpaired) electrons. The number of hydrogen-bond donors (Lipinski definition) is 0. The first-order valence-electron chi connectivity index (χ1n) is 3.25. The Morgan fingerprint density at radius 2 is 2.30 bits per heavy atom. The zero-order valence-corrected chi connectivity index (χ0v) is 5.78. The SMILES string of the molecule is Cc1cncc2cccn12. The molecule has 0 atom stereocenters. The molecule has 2 nitrogen and oxygen atoms in total. The minimum atomic E-state index is 1.15. The van der Waals surface area contributed by atoms with Crippen molar-refractivity contribution in [1.29, 1.82) is 0 Å². The van der Waals surface area contributed by atoms with Gasteiger partial charge in [0.05, 0.1) is 11.7 Å². The van der Waals surface area contributed by atoms with Crippen molar-refractivity contribution in [3.05, 3.63) is 36.4 Å². The molecule has 0 aliphatic rings. The first kappa shape index (κ1) is 5.47. The lowest BCUT2D eigenvalue weighted by Crippen LogP contribution is -1.88. The molecule has 0 unspecified atom stereocenters. The van der Waals surface area contributed by atoms with Crippen molar-refractivity contribution in [2.24, 2.45) is 0 Å². The van der Waals surface area contributed by atoms with Crippen molar-refractivity contribution < 1.29 is 0 Å². The Bertz CT molecular complexity index is 349. The molecule has 2 rings (SSSR count). The molecule has 10 heavy (non-hydrogen) atoms. The first-order valence-corrected chi connectivity index (χ1v) is 3.25. The van der Waals surface area contributed by atoms with E-state index in [1.165, 1.54) is 5.69 Å². The largest absolute Gasteiger partial charge is 0.318 e. The third-order valence-corrected chi connectivity index (χ3v) is 1.63. The monoisotopic (exact) mass is 132 g/mol. The maximum Gasteiger partial charge on any atom is 0.0636 e. The summed E-state index contributed by atoms with van der Waals surface area (Å²) in [6, 6.07) is 4.06. The molecule has 0 fully saturated rings. The van der Waals surface area contributed by atoms with E-state index in [4.69, 9.17) is 0 Å². The lowest BCUT2D eigenvalue weighted by Gasteiger charge is -1.96. The van der Waals surface area contributed by atoms with Crippen molar-refractivity contribution in [3.63, 3.8) is 0 Å². The van der Waals surface area contributed by atoms with Crippen molar-refractivity contribution in [1.82, 2.24) is 9.38 Å². The molecular formula is C8H8N2. The van der Waals surface area contributed by atoms with Gasteiger partial charge in [-0.1, -0.05) is 0 Å². The Hall–Kier alpha value is -1.31. The molecule has 2 heterocycles. The molecule has 0 aromatic carbocycles. The van der Waals surface area contributed by atoms with Gasteiger partial charge in [0.2, 0.25) is 0 Å². The van der Waals surface area contributed by atoms with Gasteiger partial charge in [0, 0.05) is 18.1 Å². The van der Waals surface area contributed by atoms with Crippen LogP contribution in [-0.2, 0) is 0 Å². The van der Waals surface area contributed by atoms with Gasteiger partial charge in [-0.15, -0.1) is 0 Å². The second-order valence-corrected chi connectivity index (χ2v) is 2.35. The summed E-state index contributed by atoms with van der Waals surface area (Å²) in [5.41, 5.74) is 2.32. The molecule has 2 heteroatoms. The van der Waals surface area contributed by atoms with Gasteiger partial charge >= 0.3 is 0 Å². The number of fused-ring (bicyclic) bond motifs is 1. The number of rotatable bonds is 0. The zero-order valence-electron chi connectivity index (χ0n) is 5.78. The van der Waals surface area contributed by atoms with E-state index in [0.717, 1.165) is 5.52 Å². The summed E-state index contributed by atoms with van der Waals surface area (Å²) in [7, 11) is 0. The van der Waals surface area contributed by atoms with Crippen LogP contribution in [0.5, 0.6) is 0 Å². The molecule has 0 N–H and O–H groups in total. The molecule has 0 saturated heterocycles. The van der Waals surface area contributed by atoms with Crippen LogP contribution >= 0.6 is 0 Å². The van der Waals surface area contributed by atoms with Gasteiger partial charge in [0.15, 0.2) is 0 Å². The van der Waals surface area contributed by atoms with Crippen LogP contribution in [0.25, 0.3) is 5.52 Å². The summed E-state index contributed by atoms with van der Waals surface area (Å²) >= 11 is 0. The Morgan fingerprint density at radius 1 is 1.40 bits per heavy atom. The third-order valence-electron chi connectivity index (χ3n) is 1.63. The van der Waals surface area contributed by atoms with Crippen LogP contribution < -0.4 is 0 Å². The van der Waals surface area contributed by atoms with Gasteiger partial charge in [-0.3, -0.25) is 4.98 Å². The van der Waals surface area contributed by atoms with Crippen LogP contribution in [-0.4, -0.2) is 9.38 Å². The highest BCUT2D eigenvalue weighted by Gasteiger charge is 1.91. The minimum Gasteiger partial charge on any atom is -0.318 e. The summed E-state index contributed by atoms with van der Waals surface area (Å²) in [4.78, 5) is 4.06. The third kappa shape index (κ3) is 0.620. The van der Waals surface area contributed by atoms with Crippen LogP contribution in [0.3, 0.4) is 0 Å². The predicted molar refractivity (Wildman–Crippen MR) is 39.9 cm³/mol. The molecular weight excluding hydrogens is 124 g/mol. The van der Waals surface area contributed by atoms with E-state index >= 15 is 0 Å². The Morgan fingerprint density at radius 3 is 3.10 bits per heavy atom. The van der Waals surface area contributed by atoms with E-state index in [9.17, 15) is 0 Å². The fourth-order valence-electron chi connectivity index (χ4n) is 1.10. The summed E-state index contributed by atoms with van der Waals surface area (Å²) in [6.07, 6.45) is 5.74. The fourth-order valence-corrected chi connectivity index (χ4v) is 1.10. The van der Waals surface area contributed by atoms with Gasteiger partial charge in [0.25, 0.3) is 0 Å². The summed E-state index contributed by atoms with van der Waals surface area (Å²) < 4.78 is 2.10. The van der Waals surface area contributed by atoms with Crippen molar-refractivity contribution >= 4 is 5.52 Å². The number of aryl methyl sites for hydroxylation is 1. The molecule has 50 valence electrons. The van der Waals surface area contributed by atoms with E-state index in [-0.39, 0.29) is 0 Å². The highest BCUT2D eigenvalue weighted by molar-refractivity contribution is 5.45. The number of nitrogens with zero attached hydrogens (tertiary/aromatic N) is 2. The molecule has 0 bridgehead atoms. The molecule has 0 aliphatic heterocycles. The molecule has 2 aromatic rings. The lowest BCUT2D eigenvalue weighted by atomic mass is 10.5. The summed E-state index contributed by atoms with van der Waals surface area (Å²) in [6.45, 7) is 2.04. The normalized spacial score (nSPS) is 10.5. The summed E-state index contributed by atoms with van der Waals surface area (Å²) in [5.74, 6) is 0. The van der Waals surface area contributed by atoms with E-state index in [2.05, 4.69) is 9.38 Å². The maximum atomic E-state index is 4.06. The second kappa shape index (κ2) is 1.84. The van der Waals surface area contributed by atoms with E-state index < -0.39 is 0 Å². The van der Waals surface area contributed by atoms with Crippen LogP contribution in [0.2, 0.25) is 0 Å². The number of aromatic nitrogens is 2. The molecule has 0 aliphatic carbocycles. The highest BCUT2D eigenvalue weighted by Crippen LogP contribution is 2.04. The van der Waals surface area contributed by atoms with E-state index in [1.54, 1.807) is 0 Å². The van der Waals surface area contributed by atoms with Crippen LogP contribution in [0.15, 0.2) is 30.7 Å². The van der Waals surface area contributed by atoms with E-state index in [0.29, 0.717) is 0 Å². The van der Waals surface area contributed by atoms with Crippen molar-refractivity contribution in [2.45, 2.75) is 6.92 Å². The van der Waals surface area contributed by atoms with Gasteiger partial charge < -0.3 is 4.40 Å². The van der Waals surface area contributed by atoms with E-state index in [1.807, 2.05) is 37.6 Å². The van der Waals surface area contributed by atoms with Gasteiger partial charge in [0.1, 0.15) is 0 Å². The van der Waals surface area contributed by atoms with Gasteiger partial charge in [-0.05, 0) is 19.1 Å². The van der Waals surface area contributed by atoms with Crippen LogP contribution in [0.1, 0.15) is 5.69 Å². The topological polar surface area (TPSA) is 17.3 Å². The van der Waals surface area contributed by atoms with Crippen molar-refractivity contribution in [3.8, 4) is 0 Å². The second-order valence-electron chi connectivity index (χ2n) is 2.35. The Balaban J connectivity index is 2.95. The smallest absolute Gasteiger partial charge is 0.0636 e. The number of hydrogen-bond acceptors (Lipinski definition) is 1. The van der Waals surface area contributed by atoms with Crippen LogP contribution in [0.4, 0.5) is 0 Å².